The van der Waals surface area contributed by atoms with E-state index in [4.69, 9.17) is 4.74 Å². The summed E-state index contributed by atoms with van der Waals surface area (Å²) in [5.41, 5.74) is -0.336. The van der Waals surface area contributed by atoms with Crippen LogP contribution in [0.25, 0.3) is 0 Å². The van der Waals surface area contributed by atoms with Gasteiger partial charge < -0.3 is 4.74 Å². The number of benzene rings is 1. The van der Waals surface area contributed by atoms with E-state index in [1.807, 2.05) is 0 Å². The summed E-state index contributed by atoms with van der Waals surface area (Å²) >= 11 is 1.02. The molecule has 2 aromatic rings. The maximum absolute atomic E-state index is 13.0. The fraction of sp³-hybridized carbons (Fsp3) is 0. The second kappa shape index (κ2) is 4.92. The van der Waals surface area contributed by atoms with Gasteiger partial charge in [0.15, 0.2) is 11.3 Å². The minimum Gasteiger partial charge on any atom is -0.439 e. The lowest BCUT2D eigenvalue weighted by molar-refractivity contribution is -0.385. The molecular formula is C11H6FNO4S. The third kappa shape index (κ3) is 2.51. The number of thiophene rings is 1. The molecule has 2 rings (SSSR count). The van der Waals surface area contributed by atoms with Crippen LogP contribution in [-0.4, -0.2) is 11.2 Å². The molecule has 0 unspecified atom stereocenters. The highest BCUT2D eigenvalue weighted by atomic mass is 32.1. The fourth-order valence-electron chi connectivity index (χ4n) is 1.28. The molecule has 0 saturated carbocycles. The standard InChI is InChI=1S/C11H6FNO4S/c12-7-1-3-9(13(15)16)10(5-7)17-11-4-2-8(6-14)18-11/h1-6H. The smallest absolute Gasteiger partial charge is 0.311 e. The maximum atomic E-state index is 13.0. The quantitative estimate of drug-likeness (QED) is 0.483. The van der Waals surface area contributed by atoms with E-state index in [1.54, 1.807) is 0 Å². The summed E-state index contributed by atoms with van der Waals surface area (Å²) in [4.78, 5) is 21.0. The zero-order valence-electron chi connectivity index (χ0n) is 8.83. The second-order valence-corrected chi connectivity index (χ2v) is 4.32. The van der Waals surface area contributed by atoms with Crippen LogP contribution in [0.4, 0.5) is 10.1 Å². The number of nitro groups is 1. The number of carbonyl (C=O) groups excluding carboxylic acids is 1. The predicted octanol–water partition coefficient (Wildman–Crippen LogP) is 3.40. The first kappa shape index (κ1) is 12.2. The molecule has 0 atom stereocenters. The lowest BCUT2D eigenvalue weighted by atomic mass is 10.3. The van der Waals surface area contributed by atoms with E-state index >= 15 is 0 Å². The van der Waals surface area contributed by atoms with Gasteiger partial charge in [0.2, 0.25) is 5.75 Å². The van der Waals surface area contributed by atoms with Crippen LogP contribution in [0, 0.1) is 15.9 Å². The number of rotatable bonds is 4. The lowest BCUT2D eigenvalue weighted by Crippen LogP contribution is -1.93. The molecule has 1 aromatic carbocycles. The number of carbonyl (C=O) groups is 1. The molecule has 0 N–H and O–H groups in total. The Morgan fingerprint density at radius 1 is 1.33 bits per heavy atom. The van der Waals surface area contributed by atoms with E-state index < -0.39 is 10.7 Å². The van der Waals surface area contributed by atoms with Crippen molar-refractivity contribution in [1.82, 2.24) is 0 Å². The summed E-state index contributed by atoms with van der Waals surface area (Å²) in [6.45, 7) is 0. The Kier molecular flexibility index (Phi) is 3.33. The Labute approximate surface area is 105 Å². The number of nitrogens with zero attached hydrogens (tertiary/aromatic N) is 1. The summed E-state index contributed by atoms with van der Waals surface area (Å²) in [7, 11) is 0. The Morgan fingerprint density at radius 2 is 2.11 bits per heavy atom. The number of hydrogen-bond donors (Lipinski definition) is 0. The molecule has 0 aliphatic rings. The van der Waals surface area contributed by atoms with Crippen molar-refractivity contribution in [3.8, 4) is 10.8 Å². The Hall–Kier alpha value is -2.28. The zero-order valence-corrected chi connectivity index (χ0v) is 9.65. The molecule has 0 saturated heterocycles. The lowest BCUT2D eigenvalue weighted by Gasteiger charge is -2.03. The Balaban J connectivity index is 2.35. The normalized spacial score (nSPS) is 10.1. The molecule has 0 amide bonds. The molecule has 5 nitrogen and oxygen atoms in total. The van der Waals surface area contributed by atoms with E-state index in [0.29, 0.717) is 11.2 Å². The summed E-state index contributed by atoms with van der Waals surface area (Å²) in [5.74, 6) is -0.831. The average molecular weight is 267 g/mol. The van der Waals surface area contributed by atoms with E-state index in [1.165, 1.54) is 12.1 Å². The van der Waals surface area contributed by atoms with Gasteiger partial charge in [0.05, 0.1) is 9.80 Å². The molecule has 92 valence electrons. The van der Waals surface area contributed by atoms with Crippen molar-refractivity contribution in [1.29, 1.82) is 0 Å². The fourth-order valence-corrected chi connectivity index (χ4v) is 1.97. The largest absolute Gasteiger partial charge is 0.439 e. The minimum atomic E-state index is -0.664. The summed E-state index contributed by atoms with van der Waals surface area (Å²) < 4.78 is 18.2. The van der Waals surface area contributed by atoms with Gasteiger partial charge in [-0.2, -0.15) is 0 Å². The maximum Gasteiger partial charge on any atom is 0.311 e. The van der Waals surface area contributed by atoms with Crippen molar-refractivity contribution in [3.05, 3.63) is 51.1 Å². The topological polar surface area (TPSA) is 69.4 Å². The van der Waals surface area contributed by atoms with Crippen LogP contribution in [0.15, 0.2) is 30.3 Å². The van der Waals surface area contributed by atoms with Crippen LogP contribution < -0.4 is 4.74 Å². The van der Waals surface area contributed by atoms with E-state index in [2.05, 4.69) is 0 Å². The first-order valence-corrected chi connectivity index (χ1v) is 5.58. The van der Waals surface area contributed by atoms with Crippen molar-refractivity contribution >= 4 is 23.3 Å². The van der Waals surface area contributed by atoms with Crippen LogP contribution in [0.1, 0.15) is 9.67 Å². The highest BCUT2D eigenvalue weighted by molar-refractivity contribution is 7.15. The second-order valence-electron chi connectivity index (χ2n) is 3.25. The molecule has 0 fully saturated rings. The van der Waals surface area contributed by atoms with Crippen molar-refractivity contribution in [2.24, 2.45) is 0 Å². The van der Waals surface area contributed by atoms with Crippen LogP contribution in [-0.2, 0) is 0 Å². The van der Waals surface area contributed by atoms with Crippen molar-refractivity contribution < 1.29 is 18.8 Å². The van der Waals surface area contributed by atoms with E-state index in [9.17, 15) is 19.3 Å². The molecule has 0 radical (unpaired) electrons. The summed E-state index contributed by atoms with van der Waals surface area (Å²) in [6.07, 6.45) is 0.636. The van der Waals surface area contributed by atoms with Gasteiger partial charge in [-0.05, 0) is 18.2 Å². The van der Waals surface area contributed by atoms with Crippen molar-refractivity contribution in [2.45, 2.75) is 0 Å². The van der Waals surface area contributed by atoms with Crippen LogP contribution in [0.5, 0.6) is 10.8 Å². The van der Waals surface area contributed by atoms with Crippen molar-refractivity contribution in [2.75, 3.05) is 0 Å². The third-order valence-corrected chi connectivity index (χ3v) is 2.94. The first-order valence-electron chi connectivity index (χ1n) is 4.77. The zero-order chi connectivity index (χ0) is 13.1. The summed E-state index contributed by atoms with van der Waals surface area (Å²) in [6, 6.07) is 5.94. The number of halogens is 1. The first-order chi connectivity index (χ1) is 8.60. The van der Waals surface area contributed by atoms with Gasteiger partial charge >= 0.3 is 5.69 Å². The minimum absolute atomic E-state index is 0.195. The summed E-state index contributed by atoms with van der Waals surface area (Å²) in [5, 5.41) is 11.0. The van der Waals surface area contributed by atoms with Gasteiger partial charge in [0.25, 0.3) is 0 Å². The molecule has 1 heterocycles. The molecule has 0 aliphatic heterocycles. The van der Waals surface area contributed by atoms with Gasteiger partial charge in [-0.3, -0.25) is 14.9 Å². The van der Waals surface area contributed by atoms with E-state index in [0.717, 1.165) is 29.5 Å². The van der Waals surface area contributed by atoms with Gasteiger partial charge in [0.1, 0.15) is 5.82 Å². The van der Waals surface area contributed by atoms with Gasteiger partial charge in [-0.25, -0.2) is 4.39 Å². The molecule has 0 aliphatic carbocycles. The number of nitro benzene ring substituents is 1. The van der Waals surface area contributed by atoms with Crippen LogP contribution >= 0.6 is 11.3 Å². The highest BCUT2D eigenvalue weighted by Crippen LogP contribution is 2.34. The molecule has 0 spiro atoms. The van der Waals surface area contributed by atoms with Crippen LogP contribution in [0.3, 0.4) is 0 Å². The van der Waals surface area contributed by atoms with Gasteiger partial charge in [-0.1, -0.05) is 11.3 Å². The molecule has 7 heteroatoms. The molecule has 1 aromatic heterocycles. The number of hydrogen-bond acceptors (Lipinski definition) is 5. The highest BCUT2D eigenvalue weighted by Gasteiger charge is 2.17. The monoisotopic (exact) mass is 267 g/mol. The SMILES string of the molecule is O=Cc1ccc(Oc2cc(F)ccc2[N+](=O)[O-])s1. The van der Waals surface area contributed by atoms with Gasteiger partial charge in [0, 0.05) is 12.1 Å². The third-order valence-electron chi connectivity index (χ3n) is 2.05. The number of aldehydes is 1. The Morgan fingerprint density at radius 3 is 2.72 bits per heavy atom. The van der Waals surface area contributed by atoms with Crippen molar-refractivity contribution in [3.63, 3.8) is 0 Å². The predicted molar refractivity (Wildman–Crippen MR) is 62.8 cm³/mol. The van der Waals surface area contributed by atoms with Gasteiger partial charge in [-0.15, -0.1) is 0 Å². The average Bonchev–Trinajstić information content (AvgIpc) is 2.76. The Bertz CT molecular complexity index is 611. The molecular weight excluding hydrogens is 261 g/mol. The van der Waals surface area contributed by atoms with E-state index in [-0.39, 0.29) is 16.5 Å². The number of ether oxygens (including phenoxy) is 1. The van der Waals surface area contributed by atoms with Crippen LogP contribution in [0.2, 0.25) is 0 Å². The molecule has 18 heavy (non-hydrogen) atoms. The molecule has 0 bridgehead atoms.